The van der Waals surface area contributed by atoms with Gasteiger partial charge in [0.1, 0.15) is 5.82 Å². The van der Waals surface area contributed by atoms with E-state index in [9.17, 15) is 4.39 Å². The van der Waals surface area contributed by atoms with Crippen molar-refractivity contribution in [2.24, 2.45) is 5.73 Å². The Balaban J connectivity index is 1.84. The molecular formula is C14H16FN3O. The lowest BCUT2D eigenvalue weighted by Gasteiger charge is -2.36. The SMILES string of the molecule is Cc1cc(F)cc(-c2noc(CC3(N)CCC3)n2)c1. The van der Waals surface area contributed by atoms with Crippen LogP contribution in [0.5, 0.6) is 0 Å². The second-order valence-electron chi connectivity index (χ2n) is 5.42. The average Bonchev–Trinajstić information content (AvgIpc) is 2.74. The lowest BCUT2D eigenvalue weighted by Crippen LogP contribution is -2.48. The fourth-order valence-electron chi connectivity index (χ4n) is 2.42. The summed E-state index contributed by atoms with van der Waals surface area (Å²) in [5.41, 5.74) is 7.41. The van der Waals surface area contributed by atoms with E-state index in [2.05, 4.69) is 10.1 Å². The Hall–Kier alpha value is -1.75. The third kappa shape index (κ3) is 2.51. The monoisotopic (exact) mass is 261 g/mol. The number of benzene rings is 1. The Bertz CT molecular complexity index is 584. The van der Waals surface area contributed by atoms with Crippen molar-refractivity contribution in [3.8, 4) is 11.4 Å². The van der Waals surface area contributed by atoms with Crippen LogP contribution in [-0.4, -0.2) is 15.7 Å². The van der Waals surface area contributed by atoms with E-state index in [0.717, 1.165) is 24.8 Å². The fourth-order valence-corrected chi connectivity index (χ4v) is 2.42. The Labute approximate surface area is 110 Å². The van der Waals surface area contributed by atoms with Crippen molar-refractivity contribution in [3.63, 3.8) is 0 Å². The molecule has 0 atom stereocenters. The summed E-state index contributed by atoms with van der Waals surface area (Å²) in [6.45, 7) is 1.83. The van der Waals surface area contributed by atoms with Gasteiger partial charge in [-0.3, -0.25) is 0 Å². The molecule has 3 rings (SSSR count). The highest BCUT2D eigenvalue weighted by atomic mass is 19.1. The second-order valence-corrected chi connectivity index (χ2v) is 5.42. The predicted molar refractivity (Wildman–Crippen MR) is 68.9 cm³/mol. The molecule has 0 saturated heterocycles. The zero-order chi connectivity index (χ0) is 13.5. The Morgan fingerprint density at radius 1 is 1.37 bits per heavy atom. The minimum atomic E-state index is -0.296. The minimum Gasteiger partial charge on any atom is -0.339 e. The highest BCUT2D eigenvalue weighted by Crippen LogP contribution is 2.32. The van der Waals surface area contributed by atoms with Crippen LogP contribution in [0.25, 0.3) is 11.4 Å². The molecule has 1 aromatic carbocycles. The number of aromatic nitrogens is 2. The van der Waals surface area contributed by atoms with Crippen molar-refractivity contribution < 1.29 is 8.91 Å². The van der Waals surface area contributed by atoms with Crippen LogP contribution in [0.3, 0.4) is 0 Å². The highest BCUT2D eigenvalue weighted by molar-refractivity contribution is 5.55. The maximum absolute atomic E-state index is 13.3. The lowest BCUT2D eigenvalue weighted by atomic mass is 9.75. The van der Waals surface area contributed by atoms with E-state index >= 15 is 0 Å². The van der Waals surface area contributed by atoms with Crippen LogP contribution in [0.2, 0.25) is 0 Å². The summed E-state index contributed by atoms with van der Waals surface area (Å²) >= 11 is 0. The van der Waals surface area contributed by atoms with E-state index in [4.69, 9.17) is 10.3 Å². The molecule has 1 fully saturated rings. The van der Waals surface area contributed by atoms with E-state index in [1.807, 2.05) is 13.0 Å². The maximum Gasteiger partial charge on any atom is 0.228 e. The van der Waals surface area contributed by atoms with Gasteiger partial charge in [-0.05, 0) is 49.9 Å². The second kappa shape index (κ2) is 4.42. The maximum atomic E-state index is 13.3. The number of nitrogens with zero attached hydrogens (tertiary/aromatic N) is 2. The number of hydrogen-bond donors (Lipinski definition) is 1. The number of nitrogens with two attached hydrogens (primary N) is 1. The summed E-state index contributed by atoms with van der Waals surface area (Å²) in [5, 5.41) is 3.90. The Morgan fingerprint density at radius 2 is 2.16 bits per heavy atom. The van der Waals surface area contributed by atoms with Crippen LogP contribution in [-0.2, 0) is 6.42 Å². The lowest BCUT2D eigenvalue weighted by molar-refractivity contribution is 0.222. The molecule has 1 aliphatic rings. The van der Waals surface area contributed by atoms with Gasteiger partial charge in [0.05, 0.1) is 0 Å². The van der Waals surface area contributed by atoms with Crippen LogP contribution >= 0.6 is 0 Å². The smallest absolute Gasteiger partial charge is 0.228 e. The van der Waals surface area contributed by atoms with Crippen molar-refractivity contribution in [2.75, 3.05) is 0 Å². The molecule has 1 heterocycles. The molecular weight excluding hydrogens is 245 g/mol. The van der Waals surface area contributed by atoms with E-state index < -0.39 is 0 Å². The quantitative estimate of drug-likeness (QED) is 0.922. The van der Waals surface area contributed by atoms with E-state index in [-0.39, 0.29) is 11.4 Å². The zero-order valence-corrected chi connectivity index (χ0v) is 10.8. The first-order valence-corrected chi connectivity index (χ1v) is 6.43. The fraction of sp³-hybridized carbons (Fsp3) is 0.429. The first-order chi connectivity index (χ1) is 9.04. The summed E-state index contributed by atoms with van der Waals surface area (Å²) in [6, 6.07) is 4.70. The molecule has 1 saturated carbocycles. The summed E-state index contributed by atoms with van der Waals surface area (Å²) in [5.74, 6) is 0.648. The topological polar surface area (TPSA) is 64.9 Å². The van der Waals surface area contributed by atoms with Crippen molar-refractivity contribution in [1.29, 1.82) is 0 Å². The van der Waals surface area contributed by atoms with Gasteiger partial charge in [0.2, 0.25) is 11.7 Å². The average molecular weight is 261 g/mol. The first-order valence-electron chi connectivity index (χ1n) is 6.43. The molecule has 4 nitrogen and oxygen atoms in total. The molecule has 5 heteroatoms. The van der Waals surface area contributed by atoms with E-state index in [1.54, 1.807) is 0 Å². The van der Waals surface area contributed by atoms with Gasteiger partial charge in [0.25, 0.3) is 0 Å². The van der Waals surface area contributed by atoms with Gasteiger partial charge in [-0.1, -0.05) is 5.16 Å². The molecule has 19 heavy (non-hydrogen) atoms. The van der Waals surface area contributed by atoms with Crippen molar-refractivity contribution in [3.05, 3.63) is 35.5 Å². The molecule has 0 radical (unpaired) electrons. The van der Waals surface area contributed by atoms with Crippen LogP contribution < -0.4 is 5.73 Å². The van der Waals surface area contributed by atoms with Gasteiger partial charge in [-0.15, -0.1) is 0 Å². The van der Waals surface area contributed by atoms with E-state index in [0.29, 0.717) is 23.7 Å². The molecule has 0 aliphatic heterocycles. The van der Waals surface area contributed by atoms with Gasteiger partial charge >= 0.3 is 0 Å². The standard InChI is InChI=1S/C14H16FN3O/c1-9-5-10(7-11(15)6-9)13-17-12(19-18-13)8-14(16)3-2-4-14/h5-7H,2-4,8,16H2,1H3. The third-order valence-electron chi connectivity index (χ3n) is 3.62. The molecule has 2 N–H and O–H groups in total. The van der Waals surface area contributed by atoms with Gasteiger partial charge in [0.15, 0.2) is 0 Å². The van der Waals surface area contributed by atoms with Crippen LogP contribution in [0.15, 0.2) is 22.7 Å². The molecule has 100 valence electrons. The highest BCUT2D eigenvalue weighted by Gasteiger charge is 2.34. The van der Waals surface area contributed by atoms with Crippen LogP contribution in [0, 0.1) is 12.7 Å². The van der Waals surface area contributed by atoms with Crippen LogP contribution in [0.4, 0.5) is 4.39 Å². The number of halogens is 1. The predicted octanol–water partition coefficient (Wildman–Crippen LogP) is 2.61. The normalized spacial score (nSPS) is 17.2. The van der Waals surface area contributed by atoms with Crippen molar-refractivity contribution in [2.45, 2.75) is 38.1 Å². The number of hydrogen-bond acceptors (Lipinski definition) is 4. The Morgan fingerprint density at radius 3 is 2.79 bits per heavy atom. The molecule has 0 amide bonds. The summed E-state index contributed by atoms with van der Waals surface area (Å²) < 4.78 is 18.6. The van der Waals surface area contributed by atoms with Crippen LogP contribution in [0.1, 0.15) is 30.7 Å². The number of rotatable bonds is 3. The molecule has 0 unspecified atom stereocenters. The molecule has 1 aliphatic carbocycles. The van der Waals surface area contributed by atoms with Gasteiger partial charge in [-0.2, -0.15) is 4.98 Å². The van der Waals surface area contributed by atoms with Gasteiger partial charge in [0, 0.05) is 17.5 Å². The molecule has 1 aromatic heterocycles. The van der Waals surface area contributed by atoms with Gasteiger partial charge in [-0.25, -0.2) is 4.39 Å². The molecule has 0 spiro atoms. The third-order valence-corrected chi connectivity index (χ3v) is 3.62. The van der Waals surface area contributed by atoms with Gasteiger partial charge < -0.3 is 10.3 Å². The first kappa shape index (κ1) is 12.3. The van der Waals surface area contributed by atoms with Crippen molar-refractivity contribution >= 4 is 0 Å². The molecule has 2 aromatic rings. The number of aryl methyl sites for hydroxylation is 1. The minimum absolute atomic E-state index is 0.193. The van der Waals surface area contributed by atoms with Crippen molar-refractivity contribution in [1.82, 2.24) is 10.1 Å². The largest absolute Gasteiger partial charge is 0.339 e. The summed E-state index contributed by atoms with van der Waals surface area (Å²) in [7, 11) is 0. The zero-order valence-electron chi connectivity index (χ0n) is 10.8. The van der Waals surface area contributed by atoms with E-state index in [1.165, 1.54) is 12.1 Å². The Kier molecular flexibility index (Phi) is 2.86. The summed E-state index contributed by atoms with van der Waals surface area (Å²) in [4.78, 5) is 4.31. The summed E-state index contributed by atoms with van der Waals surface area (Å²) in [6.07, 6.45) is 3.72. The molecule has 0 bridgehead atoms.